The van der Waals surface area contributed by atoms with Crippen LogP contribution in [0.2, 0.25) is 0 Å². The van der Waals surface area contributed by atoms with Crippen molar-refractivity contribution in [3.05, 3.63) is 65.7 Å². The second-order valence-electron chi connectivity index (χ2n) is 6.77. The number of ether oxygens (including phenoxy) is 1. The average Bonchev–Trinajstić information content (AvgIpc) is 2.68. The first-order chi connectivity index (χ1) is 13.0. The topological polar surface area (TPSA) is 24.5 Å². The molecule has 0 bridgehead atoms. The number of hydrogen-bond acceptors (Lipinski definition) is 3. The molecule has 1 unspecified atom stereocenters. The molecule has 0 radical (unpaired) electrons. The van der Waals surface area contributed by atoms with Crippen molar-refractivity contribution in [2.24, 2.45) is 0 Å². The van der Waals surface area contributed by atoms with E-state index in [9.17, 15) is 13.2 Å². The lowest BCUT2D eigenvalue weighted by molar-refractivity contribution is -0.137. The summed E-state index contributed by atoms with van der Waals surface area (Å²) in [5, 5.41) is 3.34. The standard InChI is InChI=1S/C21H25F3N2O/c22-21(23,24)18-8-10-19(11-9-18)27-20(17-5-2-1-3-6-17)7-4-14-26-15-12-25-13-16-26/h1-3,5-6,8-11,20,25H,4,7,12-16H2. The Morgan fingerprint density at radius 1 is 0.963 bits per heavy atom. The van der Waals surface area contributed by atoms with Gasteiger partial charge in [0.15, 0.2) is 0 Å². The molecule has 1 aliphatic heterocycles. The Bertz CT molecular complexity index is 683. The minimum absolute atomic E-state index is 0.175. The molecule has 3 rings (SSSR count). The summed E-state index contributed by atoms with van der Waals surface area (Å²) in [4.78, 5) is 2.43. The third-order valence-corrected chi connectivity index (χ3v) is 4.78. The number of benzene rings is 2. The number of piperazine rings is 1. The largest absolute Gasteiger partial charge is 0.486 e. The maximum absolute atomic E-state index is 12.7. The molecular formula is C21H25F3N2O. The fraction of sp³-hybridized carbons (Fsp3) is 0.429. The monoisotopic (exact) mass is 378 g/mol. The molecule has 1 N–H and O–H groups in total. The maximum atomic E-state index is 12.7. The highest BCUT2D eigenvalue weighted by molar-refractivity contribution is 5.30. The van der Waals surface area contributed by atoms with Crippen LogP contribution >= 0.6 is 0 Å². The summed E-state index contributed by atoms with van der Waals surface area (Å²) in [6.45, 7) is 5.14. The maximum Gasteiger partial charge on any atom is 0.416 e. The van der Waals surface area contributed by atoms with E-state index >= 15 is 0 Å². The molecule has 2 aromatic carbocycles. The predicted molar refractivity (Wildman–Crippen MR) is 99.8 cm³/mol. The molecule has 2 aromatic rings. The fourth-order valence-electron chi connectivity index (χ4n) is 3.28. The summed E-state index contributed by atoms with van der Waals surface area (Å²) >= 11 is 0. The third-order valence-electron chi connectivity index (χ3n) is 4.78. The summed E-state index contributed by atoms with van der Waals surface area (Å²) in [6, 6.07) is 14.8. The van der Waals surface area contributed by atoms with Crippen LogP contribution in [-0.4, -0.2) is 37.6 Å². The molecule has 3 nitrogen and oxygen atoms in total. The van der Waals surface area contributed by atoms with Gasteiger partial charge in [-0.3, -0.25) is 0 Å². The number of hydrogen-bond donors (Lipinski definition) is 1. The van der Waals surface area contributed by atoms with Crippen LogP contribution in [0.15, 0.2) is 54.6 Å². The zero-order valence-electron chi connectivity index (χ0n) is 15.2. The summed E-state index contributed by atoms with van der Waals surface area (Å²) in [5.74, 6) is 0.457. The van der Waals surface area contributed by atoms with E-state index in [1.165, 1.54) is 12.1 Å². The quantitative estimate of drug-likeness (QED) is 0.767. The van der Waals surface area contributed by atoms with Gasteiger partial charge >= 0.3 is 6.18 Å². The highest BCUT2D eigenvalue weighted by Crippen LogP contribution is 2.32. The third kappa shape index (κ3) is 5.97. The van der Waals surface area contributed by atoms with E-state index in [-0.39, 0.29) is 6.10 Å². The Balaban J connectivity index is 1.63. The Labute approximate surface area is 158 Å². The van der Waals surface area contributed by atoms with Crippen LogP contribution in [0.1, 0.15) is 30.1 Å². The van der Waals surface area contributed by atoms with Crippen LogP contribution in [0.5, 0.6) is 5.75 Å². The van der Waals surface area contributed by atoms with E-state index in [1.807, 2.05) is 30.3 Å². The van der Waals surface area contributed by atoms with Crippen LogP contribution < -0.4 is 10.1 Å². The molecule has 0 spiro atoms. The first-order valence-electron chi connectivity index (χ1n) is 9.34. The second-order valence-corrected chi connectivity index (χ2v) is 6.77. The lowest BCUT2D eigenvalue weighted by atomic mass is 10.0. The van der Waals surface area contributed by atoms with E-state index in [0.717, 1.165) is 63.3 Å². The van der Waals surface area contributed by atoms with E-state index in [2.05, 4.69) is 10.2 Å². The van der Waals surface area contributed by atoms with Crippen molar-refractivity contribution in [3.8, 4) is 5.75 Å². The van der Waals surface area contributed by atoms with Gasteiger partial charge in [0.2, 0.25) is 0 Å². The highest BCUT2D eigenvalue weighted by Gasteiger charge is 2.30. The van der Waals surface area contributed by atoms with Gasteiger partial charge < -0.3 is 15.0 Å². The number of rotatable bonds is 7. The Morgan fingerprint density at radius 3 is 2.26 bits per heavy atom. The molecule has 0 aromatic heterocycles. The van der Waals surface area contributed by atoms with Crippen molar-refractivity contribution in [2.45, 2.75) is 25.1 Å². The highest BCUT2D eigenvalue weighted by atomic mass is 19.4. The van der Waals surface area contributed by atoms with Gasteiger partial charge in [-0.2, -0.15) is 13.2 Å². The average molecular weight is 378 g/mol. The summed E-state index contributed by atoms with van der Waals surface area (Å²) in [6.07, 6.45) is -2.72. The van der Waals surface area contributed by atoms with Crippen molar-refractivity contribution in [2.75, 3.05) is 32.7 Å². The first-order valence-corrected chi connectivity index (χ1v) is 9.34. The molecule has 1 aliphatic rings. The van der Waals surface area contributed by atoms with E-state index < -0.39 is 11.7 Å². The Hall–Kier alpha value is -2.05. The lowest BCUT2D eigenvalue weighted by Gasteiger charge is -2.28. The van der Waals surface area contributed by atoms with Gasteiger partial charge in [-0.15, -0.1) is 0 Å². The van der Waals surface area contributed by atoms with Gasteiger partial charge in [0.1, 0.15) is 11.9 Å². The van der Waals surface area contributed by atoms with Crippen LogP contribution in [0.4, 0.5) is 13.2 Å². The van der Waals surface area contributed by atoms with E-state index in [1.54, 1.807) is 0 Å². The predicted octanol–water partition coefficient (Wildman–Crippen LogP) is 4.51. The van der Waals surface area contributed by atoms with Crippen molar-refractivity contribution in [3.63, 3.8) is 0 Å². The lowest BCUT2D eigenvalue weighted by Crippen LogP contribution is -2.43. The van der Waals surface area contributed by atoms with Crippen molar-refractivity contribution < 1.29 is 17.9 Å². The first kappa shape index (κ1) is 19.7. The molecule has 1 fully saturated rings. The fourth-order valence-corrected chi connectivity index (χ4v) is 3.28. The van der Waals surface area contributed by atoms with Crippen LogP contribution in [0.25, 0.3) is 0 Å². The molecular weight excluding hydrogens is 353 g/mol. The molecule has 0 amide bonds. The minimum Gasteiger partial charge on any atom is -0.486 e. The zero-order chi connectivity index (χ0) is 19.1. The second kappa shape index (κ2) is 9.24. The molecule has 27 heavy (non-hydrogen) atoms. The minimum atomic E-state index is -4.33. The molecule has 0 saturated carbocycles. The zero-order valence-corrected chi connectivity index (χ0v) is 15.2. The van der Waals surface area contributed by atoms with Gasteiger partial charge in [-0.05, 0) is 49.2 Å². The van der Waals surface area contributed by atoms with Gasteiger partial charge in [-0.1, -0.05) is 30.3 Å². The smallest absolute Gasteiger partial charge is 0.416 e. The van der Waals surface area contributed by atoms with Crippen LogP contribution in [-0.2, 0) is 6.18 Å². The summed E-state index contributed by atoms with van der Waals surface area (Å²) < 4.78 is 44.3. The molecule has 146 valence electrons. The van der Waals surface area contributed by atoms with Crippen LogP contribution in [0, 0.1) is 0 Å². The molecule has 0 aliphatic carbocycles. The normalized spacial score (nSPS) is 16.9. The van der Waals surface area contributed by atoms with E-state index in [4.69, 9.17) is 4.74 Å². The number of nitrogens with one attached hydrogen (secondary N) is 1. The Kier molecular flexibility index (Phi) is 6.74. The molecule has 6 heteroatoms. The Morgan fingerprint density at radius 2 is 1.63 bits per heavy atom. The van der Waals surface area contributed by atoms with Gasteiger partial charge in [0, 0.05) is 26.2 Å². The summed E-state index contributed by atoms with van der Waals surface area (Å²) in [7, 11) is 0. The van der Waals surface area contributed by atoms with Crippen LogP contribution in [0.3, 0.4) is 0 Å². The van der Waals surface area contributed by atoms with Crippen molar-refractivity contribution in [1.29, 1.82) is 0 Å². The van der Waals surface area contributed by atoms with Gasteiger partial charge in [-0.25, -0.2) is 0 Å². The molecule has 1 saturated heterocycles. The number of halogens is 3. The number of alkyl halides is 3. The molecule has 1 heterocycles. The van der Waals surface area contributed by atoms with E-state index in [0.29, 0.717) is 5.75 Å². The van der Waals surface area contributed by atoms with Crippen molar-refractivity contribution >= 4 is 0 Å². The number of nitrogens with zero attached hydrogens (tertiary/aromatic N) is 1. The van der Waals surface area contributed by atoms with Gasteiger partial charge in [0.05, 0.1) is 5.56 Å². The molecule has 1 atom stereocenters. The van der Waals surface area contributed by atoms with Crippen molar-refractivity contribution in [1.82, 2.24) is 10.2 Å². The van der Waals surface area contributed by atoms with Gasteiger partial charge in [0.25, 0.3) is 0 Å². The SMILES string of the molecule is FC(F)(F)c1ccc(OC(CCCN2CCNCC2)c2ccccc2)cc1. The summed E-state index contributed by atoms with van der Waals surface area (Å²) in [5.41, 5.74) is 0.377.